The fourth-order valence-corrected chi connectivity index (χ4v) is 2.79. The van der Waals surface area contributed by atoms with E-state index in [4.69, 9.17) is 4.74 Å². The highest BCUT2D eigenvalue weighted by Crippen LogP contribution is 2.47. The monoisotopic (exact) mass is 302 g/mol. The van der Waals surface area contributed by atoms with Crippen LogP contribution in [0, 0.1) is 12.3 Å². The second-order valence-corrected chi connectivity index (χ2v) is 6.15. The van der Waals surface area contributed by atoms with Crippen molar-refractivity contribution in [1.29, 1.82) is 0 Å². The maximum absolute atomic E-state index is 12.6. The van der Waals surface area contributed by atoms with Gasteiger partial charge in [0.15, 0.2) is 0 Å². The third-order valence-electron chi connectivity index (χ3n) is 4.47. The van der Waals surface area contributed by atoms with Crippen LogP contribution < -0.4 is 5.32 Å². The molecule has 1 saturated heterocycles. The lowest BCUT2D eigenvalue weighted by atomic mass is 10.0. The summed E-state index contributed by atoms with van der Waals surface area (Å²) in [7, 11) is 0. The molecule has 1 N–H and O–H groups in total. The lowest BCUT2D eigenvalue weighted by Crippen LogP contribution is -2.49. The van der Waals surface area contributed by atoms with E-state index in [2.05, 4.69) is 5.32 Å². The van der Waals surface area contributed by atoms with Gasteiger partial charge in [-0.2, -0.15) is 0 Å². The minimum atomic E-state index is -0.817. The van der Waals surface area contributed by atoms with Gasteiger partial charge in [0.1, 0.15) is 5.41 Å². The molecule has 0 spiro atoms. The minimum Gasteiger partial charge on any atom is -0.378 e. The summed E-state index contributed by atoms with van der Waals surface area (Å²) < 4.78 is 5.26. The number of benzene rings is 1. The first kappa shape index (κ1) is 15.0. The molecule has 1 aromatic rings. The predicted molar refractivity (Wildman–Crippen MR) is 82.1 cm³/mol. The molecule has 1 heterocycles. The first-order valence-corrected chi connectivity index (χ1v) is 7.83. The van der Waals surface area contributed by atoms with Crippen molar-refractivity contribution in [1.82, 2.24) is 10.2 Å². The summed E-state index contributed by atoms with van der Waals surface area (Å²) in [5.41, 5.74) is 1.42. The molecule has 0 atom stereocenters. The van der Waals surface area contributed by atoms with Gasteiger partial charge in [0.2, 0.25) is 11.8 Å². The molecular weight excluding hydrogens is 280 g/mol. The molecule has 2 aliphatic rings. The van der Waals surface area contributed by atoms with Gasteiger partial charge in [-0.25, -0.2) is 0 Å². The van der Waals surface area contributed by atoms with Crippen molar-refractivity contribution in [3.8, 4) is 0 Å². The number of rotatable bonds is 4. The highest BCUT2D eigenvalue weighted by Gasteiger charge is 2.57. The summed E-state index contributed by atoms with van der Waals surface area (Å²) in [5, 5.41) is 2.92. The molecule has 0 radical (unpaired) electrons. The smallest absolute Gasteiger partial charge is 0.238 e. The average molecular weight is 302 g/mol. The van der Waals surface area contributed by atoms with Crippen LogP contribution in [0.25, 0.3) is 0 Å². The van der Waals surface area contributed by atoms with Gasteiger partial charge in [-0.15, -0.1) is 0 Å². The molecule has 1 aromatic carbocycles. The van der Waals surface area contributed by atoms with Crippen LogP contribution in [-0.2, 0) is 20.9 Å². The van der Waals surface area contributed by atoms with E-state index in [0.717, 1.165) is 5.56 Å². The Bertz CT molecular complexity index is 558. The van der Waals surface area contributed by atoms with E-state index in [1.54, 1.807) is 4.90 Å². The minimum absolute atomic E-state index is 0.0304. The van der Waals surface area contributed by atoms with Gasteiger partial charge in [0, 0.05) is 19.6 Å². The van der Waals surface area contributed by atoms with E-state index in [9.17, 15) is 9.59 Å². The Balaban J connectivity index is 1.58. The van der Waals surface area contributed by atoms with E-state index in [-0.39, 0.29) is 11.8 Å². The van der Waals surface area contributed by atoms with Crippen LogP contribution in [-0.4, -0.2) is 43.0 Å². The van der Waals surface area contributed by atoms with E-state index < -0.39 is 5.41 Å². The van der Waals surface area contributed by atoms with Crippen LogP contribution in [0.1, 0.15) is 24.0 Å². The van der Waals surface area contributed by atoms with Gasteiger partial charge in [-0.05, 0) is 25.3 Å². The third kappa shape index (κ3) is 2.99. The van der Waals surface area contributed by atoms with Crippen molar-refractivity contribution in [3.05, 3.63) is 35.4 Å². The van der Waals surface area contributed by atoms with Crippen LogP contribution in [0.5, 0.6) is 0 Å². The van der Waals surface area contributed by atoms with Crippen molar-refractivity contribution in [2.45, 2.75) is 26.3 Å². The zero-order chi connectivity index (χ0) is 15.6. The van der Waals surface area contributed by atoms with E-state index in [1.165, 1.54) is 5.56 Å². The van der Waals surface area contributed by atoms with Crippen molar-refractivity contribution in [3.63, 3.8) is 0 Å². The quantitative estimate of drug-likeness (QED) is 0.852. The third-order valence-corrected chi connectivity index (χ3v) is 4.47. The molecule has 1 aliphatic carbocycles. The van der Waals surface area contributed by atoms with E-state index >= 15 is 0 Å². The molecular formula is C17H22N2O3. The fraction of sp³-hybridized carbons (Fsp3) is 0.529. The predicted octanol–water partition coefficient (Wildman–Crippen LogP) is 1.25. The Kier molecular flexibility index (Phi) is 4.16. The number of aryl methyl sites for hydroxylation is 1. The lowest BCUT2D eigenvalue weighted by molar-refractivity contribution is -0.147. The number of nitrogens with one attached hydrogen (secondary N) is 1. The molecule has 2 fully saturated rings. The number of nitrogens with zero attached hydrogens (tertiary/aromatic N) is 1. The van der Waals surface area contributed by atoms with Crippen LogP contribution in [0.2, 0.25) is 0 Å². The Hall–Kier alpha value is -1.88. The zero-order valence-electron chi connectivity index (χ0n) is 12.9. The molecule has 0 aromatic heterocycles. The number of hydrogen-bond donors (Lipinski definition) is 1. The second-order valence-electron chi connectivity index (χ2n) is 6.15. The number of carbonyl (C=O) groups is 2. The topological polar surface area (TPSA) is 58.6 Å². The standard InChI is InChI=1S/C17H22N2O3/c1-13-2-4-14(5-3-13)12-18-15(20)17(6-7-17)16(21)19-8-10-22-11-9-19/h2-5H,6-12H2,1H3,(H,18,20). The SMILES string of the molecule is Cc1ccc(CNC(=O)C2(C(=O)N3CCOCC3)CC2)cc1. The average Bonchev–Trinajstić information content (AvgIpc) is 3.36. The van der Waals surface area contributed by atoms with Crippen molar-refractivity contribution in [2.24, 2.45) is 5.41 Å². The second kappa shape index (κ2) is 6.08. The number of hydrogen-bond acceptors (Lipinski definition) is 3. The molecule has 1 aliphatic heterocycles. The summed E-state index contributed by atoms with van der Waals surface area (Å²) >= 11 is 0. The molecule has 2 amide bonds. The summed E-state index contributed by atoms with van der Waals surface area (Å²) in [6.07, 6.45) is 1.31. The van der Waals surface area contributed by atoms with Crippen molar-refractivity contribution in [2.75, 3.05) is 26.3 Å². The molecule has 3 rings (SSSR count). The van der Waals surface area contributed by atoms with Crippen LogP contribution in [0.3, 0.4) is 0 Å². The van der Waals surface area contributed by atoms with Crippen LogP contribution >= 0.6 is 0 Å². The number of ether oxygens (including phenoxy) is 1. The Morgan fingerprint density at radius 1 is 1.18 bits per heavy atom. The Morgan fingerprint density at radius 3 is 2.41 bits per heavy atom. The zero-order valence-corrected chi connectivity index (χ0v) is 12.9. The van der Waals surface area contributed by atoms with Gasteiger partial charge in [-0.1, -0.05) is 29.8 Å². The maximum atomic E-state index is 12.6. The Labute approximate surface area is 130 Å². The highest BCUT2D eigenvalue weighted by molar-refractivity contribution is 6.07. The van der Waals surface area contributed by atoms with Gasteiger partial charge < -0.3 is 15.0 Å². The molecule has 0 unspecified atom stereocenters. The summed E-state index contributed by atoms with van der Waals surface area (Å²) in [5.74, 6) is -0.165. The first-order chi connectivity index (χ1) is 10.6. The van der Waals surface area contributed by atoms with Crippen molar-refractivity contribution >= 4 is 11.8 Å². The molecule has 0 bridgehead atoms. The van der Waals surface area contributed by atoms with Crippen LogP contribution in [0.4, 0.5) is 0 Å². The first-order valence-electron chi connectivity index (χ1n) is 7.83. The van der Waals surface area contributed by atoms with Gasteiger partial charge >= 0.3 is 0 Å². The summed E-state index contributed by atoms with van der Waals surface area (Å²) in [6, 6.07) is 8.04. The van der Waals surface area contributed by atoms with E-state index in [1.807, 2.05) is 31.2 Å². The van der Waals surface area contributed by atoms with Gasteiger partial charge in [0.05, 0.1) is 13.2 Å². The molecule has 22 heavy (non-hydrogen) atoms. The fourth-order valence-electron chi connectivity index (χ4n) is 2.79. The molecule has 5 nitrogen and oxygen atoms in total. The van der Waals surface area contributed by atoms with Crippen LogP contribution in [0.15, 0.2) is 24.3 Å². The Morgan fingerprint density at radius 2 is 1.82 bits per heavy atom. The van der Waals surface area contributed by atoms with Gasteiger partial charge in [-0.3, -0.25) is 9.59 Å². The van der Waals surface area contributed by atoms with Crippen molar-refractivity contribution < 1.29 is 14.3 Å². The summed E-state index contributed by atoms with van der Waals surface area (Å²) in [4.78, 5) is 26.8. The molecule has 118 valence electrons. The molecule has 1 saturated carbocycles. The summed E-state index contributed by atoms with van der Waals surface area (Å²) in [6.45, 7) is 4.80. The normalized spacial score (nSPS) is 19.6. The largest absolute Gasteiger partial charge is 0.378 e. The molecule has 5 heteroatoms. The highest BCUT2D eigenvalue weighted by atomic mass is 16.5. The van der Waals surface area contributed by atoms with Gasteiger partial charge in [0.25, 0.3) is 0 Å². The van der Waals surface area contributed by atoms with E-state index in [0.29, 0.717) is 45.7 Å². The number of amides is 2. The lowest BCUT2D eigenvalue weighted by Gasteiger charge is -2.30. The number of morpholine rings is 1. The maximum Gasteiger partial charge on any atom is 0.238 e. The number of carbonyl (C=O) groups excluding carboxylic acids is 2.